The maximum Gasteiger partial charge on any atom is 0.258 e. The van der Waals surface area contributed by atoms with E-state index in [1.807, 2.05) is 0 Å². The molecular formula is C12H16N4O4. The fraction of sp³-hybridized carbons (Fsp3) is 0.250. The van der Waals surface area contributed by atoms with Crippen molar-refractivity contribution in [2.45, 2.75) is 0 Å². The monoisotopic (exact) mass is 280 g/mol. The van der Waals surface area contributed by atoms with Crippen LogP contribution in [0.25, 0.3) is 0 Å². The number of nitrogen functional groups attached to an aromatic ring is 1. The molecule has 0 unspecified atom stereocenters. The van der Waals surface area contributed by atoms with Gasteiger partial charge in [-0.05, 0) is 12.1 Å². The Bertz CT molecular complexity index is 528. The van der Waals surface area contributed by atoms with Gasteiger partial charge < -0.3 is 26.8 Å². The molecule has 8 nitrogen and oxygen atoms in total. The van der Waals surface area contributed by atoms with E-state index >= 15 is 0 Å². The molecule has 0 bridgehead atoms. The fourth-order valence-electron chi connectivity index (χ4n) is 1.70. The third-order valence-electron chi connectivity index (χ3n) is 2.46. The predicted molar refractivity (Wildman–Crippen MR) is 71.7 cm³/mol. The molecule has 0 aliphatic carbocycles. The van der Waals surface area contributed by atoms with E-state index in [4.69, 9.17) is 21.9 Å². The van der Waals surface area contributed by atoms with Gasteiger partial charge in [-0.15, -0.1) is 0 Å². The molecule has 1 aromatic carbocycles. The first-order chi connectivity index (χ1) is 9.36. The minimum Gasteiger partial charge on any atom is -0.494 e. The first kappa shape index (κ1) is 15.3. The summed E-state index contributed by atoms with van der Waals surface area (Å²) in [5.41, 5.74) is 16.2. The molecule has 0 aliphatic heterocycles. The van der Waals surface area contributed by atoms with Crippen LogP contribution in [0.1, 0.15) is 10.4 Å². The minimum atomic E-state index is -0.762. The normalized spacial score (nSPS) is 9.85. The van der Waals surface area contributed by atoms with Crippen LogP contribution in [0.15, 0.2) is 18.2 Å². The Kier molecular flexibility index (Phi) is 4.90. The molecule has 0 saturated carbocycles. The lowest BCUT2D eigenvalue weighted by molar-refractivity contribution is -0.121. The molecule has 0 spiro atoms. The van der Waals surface area contributed by atoms with Gasteiger partial charge in [-0.25, -0.2) is 0 Å². The molecule has 3 amide bonds. The number of hydrogen-bond acceptors (Lipinski definition) is 5. The molecule has 108 valence electrons. The van der Waals surface area contributed by atoms with Crippen LogP contribution in [0.4, 0.5) is 5.69 Å². The molecule has 0 atom stereocenters. The van der Waals surface area contributed by atoms with Crippen LogP contribution in [-0.4, -0.2) is 42.8 Å². The number of benzene rings is 1. The Hall–Kier alpha value is -2.77. The summed E-state index contributed by atoms with van der Waals surface area (Å²) in [6, 6.07) is 4.58. The number of rotatable bonds is 6. The maximum absolute atomic E-state index is 12.3. The lowest BCUT2D eigenvalue weighted by Gasteiger charge is -2.21. The number of carbonyl (C=O) groups excluding carboxylic acids is 3. The molecule has 0 aliphatic rings. The van der Waals surface area contributed by atoms with E-state index in [1.165, 1.54) is 13.2 Å². The van der Waals surface area contributed by atoms with Crippen LogP contribution in [0.2, 0.25) is 0 Å². The van der Waals surface area contributed by atoms with Gasteiger partial charge in [0.25, 0.3) is 5.91 Å². The molecular weight excluding hydrogens is 264 g/mol. The zero-order chi connectivity index (χ0) is 15.3. The Balaban J connectivity index is 3.14. The fourth-order valence-corrected chi connectivity index (χ4v) is 1.70. The highest BCUT2D eigenvalue weighted by Crippen LogP contribution is 2.26. The van der Waals surface area contributed by atoms with Crippen molar-refractivity contribution in [2.24, 2.45) is 11.5 Å². The Morgan fingerprint density at radius 3 is 2.15 bits per heavy atom. The smallest absolute Gasteiger partial charge is 0.258 e. The van der Waals surface area contributed by atoms with E-state index in [0.29, 0.717) is 0 Å². The number of para-hydroxylation sites is 1. The number of nitrogens with two attached hydrogens (primary N) is 3. The molecule has 20 heavy (non-hydrogen) atoms. The van der Waals surface area contributed by atoms with Gasteiger partial charge in [0.2, 0.25) is 11.8 Å². The van der Waals surface area contributed by atoms with E-state index in [-0.39, 0.29) is 17.0 Å². The lowest BCUT2D eigenvalue weighted by Crippen LogP contribution is -2.43. The summed E-state index contributed by atoms with van der Waals surface area (Å²) in [5, 5.41) is 0. The van der Waals surface area contributed by atoms with Crippen molar-refractivity contribution in [3.05, 3.63) is 23.8 Å². The van der Waals surface area contributed by atoms with Crippen molar-refractivity contribution < 1.29 is 19.1 Å². The molecule has 1 aromatic rings. The molecule has 1 rings (SSSR count). The number of carbonyl (C=O) groups is 3. The molecule has 0 radical (unpaired) electrons. The average molecular weight is 280 g/mol. The van der Waals surface area contributed by atoms with E-state index < -0.39 is 30.8 Å². The largest absolute Gasteiger partial charge is 0.494 e. The number of hydrogen-bond donors (Lipinski definition) is 3. The molecule has 0 saturated heterocycles. The third kappa shape index (κ3) is 3.61. The second kappa shape index (κ2) is 6.41. The van der Waals surface area contributed by atoms with Crippen molar-refractivity contribution in [3.63, 3.8) is 0 Å². The number of methoxy groups -OCH3 is 1. The van der Waals surface area contributed by atoms with Crippen molar-refractivity contribution >= 4 is 23.4 Å². The van der Waals surface area contributed by atoms with E-state index in [1.54, 1.807) is 12.1 Å². The SMILES string of the molecule is COc1c(N)cccc1C(=O)N(CC(N)=O)CC(N)=O. The van der Waals surface area contributed by atoms with Crippen LogP contribution in [-0.2, 0) is 9.59 Å². The number of nitrogens with zero attached hydrogens (tertiary/aromatic N) is 1. The Morgan fingerprint density at radius 1 is 1.15 bits per heavy atom. The first-order valence-corrected chi connectivity index (χ1v) is 5.65. The van der Waals surface area contributed by atoms with Crippen LogP contribution >= 0.6 is 0 Å². The van der Waals surface area contributed by atoms with Gasteiger partial charge in [0, 0.05) is 0 Å². The Morgan fingerprint density at radius 2 is 1.70 bits per heavy atom. The minimum absolute atomic E-state index is 0.120. The van der Waals surface area contributed by atoms with Crippen LogP contribution in [0.3, 0.4) is 0 Å². The molecule has 0 fully saturated rings. The number of amides is 3. The average Bonchev–Trinajstić information content (AvgIpc) is 2.35. The number of primary amides is 2. The van der Waals surface area contributed by atoms with Crippen molar-refractivity contribution in [1.82, 2.24) is 4.90 Å². The quantitative estimate of drug-likeness (QED) is 0.554. The summed E-state index contributed by atoms with van der Waals surface area (Å²) in [6.45, 7) is -0.862. The zero-order valence-electron chi connectivity index (χ0n) is 11.0. The van der Waals surface area contributed by atoms with Gasteiger partial charge >= 0.3 is 0 Å². The standard InChI is InChI=1S/C12H16N4O4/c1-20-11-7(3-2-4-8(11)13)12(19)16(5-9(14)17)6-10(15)18/h2-4H,5-6,13H2,1H3,(H2,14,17)(H2,15,18). The summed E-state index contributed by atoms with van der Waals surface area (Å²) in [5.74, 6) is -1.98. The maximum atomic E-state index is 12.3. The van der Waals surface area contributed by atoms with Gasteiger partial charge in [-0.3, -0.25) is 14.4 Å². The highest BCUT2D eigenvalue weighted by molar-refractivity contribution is 6.01. The van der Waals surface area contributed by atoms with E-state index in [9.17, 15) is 14.4 Å². The van der Waals surface area contributed by atoms with Gasteiger partial charge in [0.05, 0.1) is 18.4 Å². The van der Waals surface area contributed by atoms with Crippen molar-refractivity contribution in [1.29, 1.82) is 0 Å². The summed E-state index contributed by atoms with van der Waals surface area (Å²) in [6.07, 6.45) is 0. The second-order valence-electron chi connectivity index (χ2n) is 4.02. The topological polar surface area (TPSA) is 142 Å². The van der Waals surface area contributed by atoms with Crippen molar-refractivity contribution in [2.75, 3.05) is 25.9 Å². The molecule has 0 aromatic heterocycles. The second-order valence-corrected chi connectivity index (χ2v) is 4.02. The summed E-state index contributed by atoms with van der Waals surface area (Å²) in [7, 11) is 1.36. The van der Waals surface area contributed by atoms with E-state index in [2.05, 4.69) is 0 Å². The van der Waals surface area contributed by atoms with Crippen LogP contribution in [0, 0.1) is 0 Å². The summed E-state index contributed by atoms with van der Waals surface area (Å²) < 4.78 is 5.05. The zero-order valence-corrected chi connectivity index (χ0v) is 11.0. The van der Waals surface area contributed by atoms with Crippen LogP contribution in [0.5, 0.6) is 5.75 Å². The number of anilines is 1. The Labute approximate surface area is 115 Å². The highest BCUT2D eigenvalue weighted by atomic mass is 16.5. The first-order valence-electron chi connectivity index (χ1n) is 5.65. The van der Waals surface area contributed by atoms with E-state index in [0.717, 1.165) is 4.90 Å². The van der Waals surface area contributed by atoms with Gasteiger partial charge in [0.15, 0.2) is 5.75 Å². The summed E-state index contributed by atoms with van der Waals surface area (Å²) >= 11 is 0. The van der Waals surface area contributed by atoms with Gasteiger partial charge in [-0.1, -0.05) is 6.07 Å². The molecule has 8 heteroatoms. The molecule has 6 N–H and O–H groups in total. The third-order valence-corrected chi connectivity index (χ3v) is 2.46. The van der Waals surface area contributed by atoms with Gasteiger partial charge in [-0.2, -0.15) is 0 Å². The lowest BCUT2D eigenvalue weighted by atomic mass is 10.1. The van der Waals surface area contributed by atoms with Crippen molar-refractivity contribution in [3.8, 4) is 5.75 Å². The summed E-state index contributed by atoms with van der Waals surface area (Å²) in [4.78, 5) is 35.2. The number of ether oxygens (including phenoxy) is 1. The highest BCUT2D eigenvalue weighted by Gasteiger charge is 2.23. The van der Waals surface area contributed by atoms with Crippen LogP contribution < -0.4 is 21.9 Å². The molecule has 0 heterocycles. The van der Waals surface area contributed by atoms with Gasteiger partial charge in [0.1, 0.15) is 13.1 Å². The predicted octanol–water partition coefficient (Wildman–Crippen LogP) is -1.31.